The standard InChI is InChI=1S/C23H21ClN2O3S2/c24-14-5-7-15(8-6-14)25-17(27)11-26-22-21(31-23(26)28)19(16-2-1-9-29-16)18-12-3-4-13(10-12)20(18)30-22/h1-2,5-9,12-13,18-20H,3-4,10-11H2,(H,25,27)/t12-,13-,18-,19-,20+/m0/s1. The van der Waals surface area contributed by atoms with Gasteiger partial charge in [-0.05, 0) is 73.4 Å². The molecule has 2 fully saturated rings. The van der Waals surface area contributed by atoms with Crippen LogP contribution < -0.4 is 10.2 Å². The van der Waals surface area contributed by atoms with E-state index in [-0.39, 0.29) is 23.2 Å². The molecule has 2 bridgehead atoms. The van der Waals surface area contributed by atoms with E-state index >= 15 is 0 Å². The number of furan rings is 1. The van der Waals surface area contributed by atoms with Crippen molar-refractivity contribution >= 4 is 46.3 Å². The highest BCUT2D eigenvalue weighted by Gasteiger charge is 2.55. The third kappa shape index (κ3) is 3.29. The first-order valence-electron chi connectivity index (χ1n) is 10.6. The Morgan fingerprint density at radius 1 is 1.19 bits per heavy atom. The lowest BCUT2D eigenvalue weighted by Crippen LogP contribution is -2.34. The van der Waals surface area contributed by atoms with Crippen molar-refractivity contribution in [1.82, 2.24) is 4.57 Å². The Hall–Kier alpha value is -1.96. The molecule has 1 aromatic carbocycles. The number of nitrogens with zero attached hydrogens (tertiary/aromatic N) is 1. The minimum atomic E-state index is -0.213. The zero-order valence-corrected chi connectivity index (χ0v) is 19.0. The van der Waals surface area contributed by atoms with Crippen molar-refractivity contribution in [3.05, 3.63) is 68.0 Å². The number of fused-ring (bicyclic) bond motifs is 6. The number of hydrogen-bond acceptors (Lipinski definition) is 5. The Labute approximate surface area is 192 Å². The van der Waals surface area contributed by atoms with Gasteiger partial charge in [-0.1, -0.05) is 22.9 Å². The summed E-state index contributed by atoms with van der Waals surface area (Å²) in [5.41, 5.74) is 0.667. The maximum atomic E-state index is 13.0. The molecule has 0 radical (unpaired) electrons. The molecule has 1 N–H and O–H groups in total. The average molecular weight is 473 g/mol. The Balaban J connectivity index is 1.34. The summed E-state index contributed by atoms with van der Waals surface area (Å²) in [6, 6.07) is 10.9. The number of carbonyl (C=O) groups is 1. The van der Waals surface area contributed by atoms with E-state index in [1.54, 1.807) is 35.1 Å². The zero-order valence-electron chi connectivity index (χ0n) is 16.6. The molecule has 0 unspecified atom stereocenters. The van der Waals surface area contributed by atoms with Crippen molar-refractivity contribution in [2.45, 2.75) is 42.0 Å². The molecule has 5 atom stereocenters. The van der Waals surface area contributed by atoms with Crippen LogP contribution in [-0.2, 0) is 11.3 Å². The molecule has 0 spiro atoms. The van der Waals surface area contributed by atoms with E-state index in [2.05, 4.69) is 5.32 Å². The Bertz CT molecular complexity index is 1180. The number of hydrogen-bond donors (Lipinski definition) is 1. The van der Waals surface area contributed by atoms with Crippen LogP contribution in [0.15, 0.2) is 56.9 Å². The van der Waals surface area contributed by atoms with Gasteiger partial charge in [-0.2, -0.15) is 0 Å². The van der Waals surface area contributed by atoms with E-state index in [1.165, 1.54) is 30.6 Å². The molecule has 160 valence electrons. The molecule has 3 heterocycles. The van der Waals surface area contributed by atoms with Gasteiger partial charge in [0.05, 0.1) is 22.1 Å². The number of thiazole rings is 1. The highest BCUT2D eigenvalue weighted by molar-refractivity contribution is 8.00. The first-order chi connectivity index (χ1) is 15.1. The van der Waals surface area contributed by atoms with Crippen LogP contribution in [0.3, 0.4) is 0 Å². The van der Waals surface area contributed by atoms with Crippen LogP contribution in [0, 0.1) is 17.8 Å². The molecular weight excluding hydrogens is 452 g/mol. The van der Waals surface area contributed by atoms with Crippen molar-refractivity contribution in [3.8, 4) is 0 Å². The first kappa shape index (κ1) is 19.7. The number of rotatable bonds is 4. The molecular formula is C23H21ClN2O3S2. The number of benzene rings is 1. The fourth-order valence-corrected chi connectivity index (χ4v) is 9.01. The summed E-state index contributed by atoms with van der Waals surface area (Å²) in [5, 5.41) is 4.93. The lowest BCUT2D eigenvalue weighted by Gasteiger charge is -2.39. The number of amides is 1. The highest BCUT2D eigenvalue weighted by Crippen LogP contribution is 2.64. The van der Waals surface area contributed by atoms with Gasteiger partial charge >= 0.3 is 4.87 Å². The molecule has 3 aromatic rings. The van der Waals surface area contributed by atoms with Gasteiger partial charge in [0.25, 0.3) is 0 Å². The van der Waals surface area contributed by atoms with Gasteiger partial charge in [0.15, 0.2) is 0 Å². The SMILES string of the molecule is O=C(Cn1c2c(sc1=O)[C@@H](c1ccco1)[C@@H]1[C@H]3CC[C@@H](C3)[C@H]1S2)Nc1ccc(Cl)cc1. The molecule has 6 rings (SSSR count). The quantitative estimate of drug-likeness (QED) is 0.548. The molecule has 8 heteroatoms. The van der Waals surface area contributed by atoms with Gasteiger partial charge in [0.2, 0.25) is 5.91 Å². The van der Waals surface area contributed by atoms with Crippen LogP contribution >= 0.6 is 34.7 Å². The van der Waals surface area contributed by atoms with Crippen molar-refractivity contribution in [2.75, 3.05) is 5.32 Å². The Morgan fingerprint density at radius 3 is 2.77 bits per heavy atom. The molecule has 0 saturated heterocycles. The van der Waals surface area contributed by atoms with Gasteiger partial charge in [-0.3, -0.25) is 14.2 Å². The second-order valence-corrected chi connectivity index (χ2v) is 11.3. The molecule has 5 nitrogen and oxygen atoms in total. The van der Waals surface area contributed by atoms with Crippen LogP contribution in [0.5, 0.6) is 0 Å². The molecule has 2 saturated carbocycles. The number of thioether (sulfide) groups is 1. The third-order valence-electron chi connectivity index (χ3n) is 6.97. The molecule has 2 aromatic heterocycles. The first-order valence-corrected chi connectivity index (χ1v) is 12.6. The number of aromatic nitrogens is 1. The molecule has 31 heavy (non-hydrogen) atoms. The second-order valence-electron chi connectivity index (χ2n) is 8.66. The summed E-state index contributed by atoms with van der Waals surface area (Å²) in [5.74, 6) is 2.75. The fraction of sp³-hybridized carbons (Fsp3) is 0.391. The summed E-state index contributed by atoms with van der Waals surface area (Å²) in [7, 11) is 0. The van der Waals surface area contributed by atoms with Crippen molar-refractivity contribution in [1.29, 1.82) is 0 Å². The van der Waals surface area contributed by atoms with Gasteiger partial charge < -0.3 is 9.73 Å². The molecule has 2 aliphatic carbocycles. The van der Waals surface area contributed by atoms with E-state index in [0.29, 0.717) is 33.7 Å². The normalized spacial score (nSPS) is 28.4. The molecule has 1 amide bonds. The van der Waals surface area contributed by atoms with Gasteiger partial charge in [0, 0.05) is 16.0 Å². The summed E-state index contributed by atoms with van der Waals surface area (Å²) < 4.78 is 7.52. The third-order valence-corrected chi connectivity index (χ3v) is 10.0. The van der Waals surface area contributed by atoms with E-state index in [9.17, 15) is 9.59 Å². The summed E-state index contributed by atoms with van der Waals surface area (Å²) in [6.45, 7) is 0.0106. The Kier molecular flexibility index (Phi) is 4.81. The number of halogens is 1. The van der Waals surface area contributed by atoms with Gasteiger partial charge in [0.1, 0.15) is 12.3 Å². The van der Waals surface area contributed by atoms with Gasteiger partial charge in [-0.25, -0.2) is 0 Å². The smallest absolute Gasteiger partial charge is 0.308 e. The number of nitrogens with one attached hydrogen (secondary N) is 1. The van der Waals surface area contributed by atoms with Crippen LogP contribution in [0.25, 0.3) is 0 Å². The average Bonchev–Trinajstić information content (AvgIpc) is 3.54. The summed E-state index contributed by atoms with van der Waals surface area (Å²) in [4.78, 5) is 26.7. The minimum absolute atomic E-state index is 0.0106. The summed E-state index contributed by atoms with van der Waals surface area (Å²) in [6.07, 6.45) is 5.54. The molecule has 3 aliphatic rings. The maximum absolute atomic E-state index is 13.0. The van der Waals surface area contributed by atoms with Crippen LogP contribution in [-0.4, -0.2) is 15.7 Å². The van der Waals surface area contributed by atoms with Crippen LogP contribution in [0.1, 0.15) is 35.8 Å². The Morgan fingerprint density at radius 2 is 2.00 bits per heavy atom. The summed E-state index contributed by atoms with van der Waals surface area (Å²) >= 11 is 9.03. The van der Waals surface area contributed by atoms with Gasteiger partial charge in [-0.15, -0.1) is 11.8 Å². The maximum Gasteiger partial charge on any atom is 0.308 e. The van der Waals surface area contributed by atoms with E-state index < -0.39 is 0 Å². The second kappa shape index (κ2) is 7.57. The lowest BCUT2D eigenvalue weighted by atomic mass is 9.77. The highest BCUT2D eigenvalue weighted by atomic mass is 35.5. The molecule has 1 aliphatic heterocycles. The van der Waals surface area contributed by atoms with Crippen LogP contribution in [0.4, 0.5) is 5.69 Å². The number of anilines is 1. The largest absolute Gasteiger partial charge is 0.469 e. The van der Waals surface area contributed by atoms with E-state index in [4.69, 9.17) is 16.0 Å². The number of carbonyl (C=O) groups excluding carboxylic acids is 1. The van der Waals surface area contributed by atoms with Crippen molar-refractivity contribution in [2.24, 2.45) is 17.8 Å². The zero-order chi connectivity index (χ0) is 21.1. The minimum Gasteiger partial charge on any atom is -0.469 e. The fourth-order valence-electron chi connectivity index (χ4n) is 5.75. The lowest BCUT2D eigenvalue weighted by molar-refractivity contribution is -0.116. The monoisotopic (exact) mass is 472 g/mol. The predicted octanol–water partition coefficient (Wildman–Crippen LogP) is 5.45. The van der Waals surface area contributed by atoms with Crippen LogP contribution in [0.2, 0.25) is 5.02 Å². The van der Waals surface area contributed by atoms with Crippen molar-refractivity contribution < 1.29 is 9.21 Å². The van der Waals surface area contributed by atoms with Crippen molar-refractivity contribution in [3.63, 3.8) is 0 Å². The van der Waals surface area contributed by atoms with E-state index in [0.717, 1.165) is 15.7 Å². The topological polar surface area (TPSA) is 64.2 Å². The predicted molar refractivity (Wildman–Crippen MR) is 123 cm³/mol. The van der Waals surface area contributed by atoms with E-state index in [1.807, 2.05) is 23.9 Å².